The Kier molecular flexibility index (Phi) is 12.5. The molecule has 3 aromatic carbocycles. The highest BCUT2D eigenvalue weighted by Crippen LogP contribution is 2.29. The highest BCUT2D eigenvalue weighted by Gasteiger charge is 2.18. The maximum Gasteiger partial charge on any atom is 0.346 e. The molecule has 0 aliphatic carbocycles. The van der Waals surface area contributed by atoms with Crippen LogP contribution in [-0.4, -0.2) is 25.2 Å². The molecular formula is C33H38ClFO5. The van der Waals surface area contributed by atoms with Crippen molar-refractivity contribution in [3.05, 3.63) is 82.6 Å². The molecular weight excluding hydrogens is 531 g/mol. The van der Waals surface area contributed by atoms with Gasteiger partial charge in [-0.3, -0.25) is 0 Å². The maximum absolute atomic E-state index is 14.9. The third kappa shape index (κ3) is 9.37. The zero-order valence-electron chi connectivity index (χ0n) is 23.5. The lowest BCUT2D eigenvalue weighted by atomic mass is 10.0. The Morgan fingerprint density at radius 3 is 2.23 bits per heavy atom. The summed E-state index contributed by atoms with van der Waals surface area (Å²) < 4.78 is 31.3. The highest BCUT2D eigenvalue weighted by molar-refractivity contribution is 6.32. The van der Waals surface area contributed by atoms with Crippen LogP contribution in [0.3, 0.4) is 0 Å². The second-order valence-corrected chi connectivity index (χ2v) is 10.4. The summed E-state index contributed by atoms with van der Waals surface area (Å²) in [5.41, 5.74) is 1.43. The lowest BCUT2D eigenvalue weighted by Gasteiger charge is -2.11. The van der Waals surface area contributed by atoms with Gasteiger partial charge in [0, 0.05) is 0 Å². The van der Waals surface area contributed by atoms with Crippen LogP contribution in [0.5, 0.6) is 11.5 Å². The Morgan fingerprint density at radius 2 is 1.55 bits per heavy atom. The van der Waals surface area contributed by atoms with Gasteiger partial charge in [-0.25, -0.2) is 14.0 Å². The van der Waals surface area contributed by atoms with Crippen LogP contribution in [0, 0.1) is 11.7 Å². The van der Waals surface area contributed by atoms with Gasteiger partial charge < -0.3 is 14.2 Å². The number of carbonyl (C=O) groups excluding carboxylic acids is 2. The molecule has 0 fully saturated rings. The first-order valence-electron chi connectivity index (χ1n) is 14.0. The topological polar surface area (TPSA) is 61.8 Å². The van der Waals surface area contributed by atoms with Crippen LogP contribution in [-0.2, 0) is 4.74 Å². The van der Waals surface area contributed by atoms with Crippen LogP contribution in [0.15, 0.2) is 60.7 Å². The molecule has 0 amide bonds. The van der Waals surface area contributed by atoms with E-state index in [0.29, 0.717) is 18.8 Å². The molecule has 0 N–H and O–H groups in total. The average molecular weight is 569 g/mol. The van der Waals surface area contributed by atoms with Gasteiger partial charge in [0.05, 0.1) is 29.4 Å². The first-order chi connectivity index (χ1) is 19.3. The third-order valence-corrected chi connectivity index (χ3v) is 7.00. The maximum atomic E-state index is 14.9. The number of hydrogen-bond acceptors (Lipinski definition) is 5. The van der Waals surface area contributed by atoms with Gasteiger partial charge in [-0.2, -0.15) is 0 Å². The molecule has 0 unspecified atom stereocenters. The zero-order valence-corrected chi connectivity index (χ0v) is 24.3. The van der Waals surface area contributed by atoms with E-state index >= 15 is 0 Å². The van der Waals surface area contributed by atoms with E-state index in [2.05, 4.69) is 6.92 Å². The minimum Gasteiger partial charge on any atom is -0.494 e. The number of ether oxygens (including phenoxy) is 3. The fourth-order valence-electron chi connectivity index (χ4n) is 3.96. The molecule has 0 saturated heterocycles. The number of benzene rings is 3. The first kappa shape index (κ1) is 31.2. The smallest absolute Gasteiger partial charge is 0.346 e. The highest BCUT2D eigenvalue weighted by atomic mass is 35.5. The van der Waals surface area contributed by atoms with E-state index in [-0.39, 0.29) is 27.8 Å². The molecule has 7 heteroatoms. The summed E-state index contributed by atoms with van der Waals surface area (Å²) in [7, 11) is 0. The Bertz CT molecular complexity index is 1260. The van der Waals surface area contributed by atoms with Crippen LogP contribution in [0.2, 0.25) is 5.02 Å². The fraction of sp³-hybridized carbons (Fsp3) is 0.394. The molecule has 0 aliphatic rings. The van der Waals surface area contributed by atoms with Crippen molar-refractivity contribution >= 4 is 23.5 Å². The van der Waals surface area contributed by atoms with Gasteiger partial charge in [0.1, 0.15) is 17.3 Å². The predicted molar refractivity (Wildman–Crippen MR) is 157 cm³/mol. The second-order valence-electron chi connectivity index (χ2n) is 9.98. The van der Waals surface area contributed by atoms with E-state index in [1.165, 1.54) is 56.0 Å². The van der Waals surface area contributed by atoms with Crippen molar-refractivity contribution in [1.82, 2.24) is 0 Å². The summed E-state index contributed by atoms with van der Waals surface area (Å²) >= 11 is 6.23. The lowest BCUT2D eigenvalue weighted by molar-refractivity contribution is 0.0447. The van der Waals surface area contributed by atoms with Crippen molar-refractivity contribution in [3.63, 3.8) is 0 Å². The number of carbonyl (C=O) groups is 2. The van der Waals surface area contributed by atoms with Gasteiger partial charge in [0.25, 0.3) is 0 Å². The molecule has 3 aromatic rings. The zero-order chi connectivity index (χ0) is 28.9. The molecule has 0 aromatic heterocycles. The quantitative estimate of drug-likeness (QED) is 0.104. The Morgan fingerprint density at radius 1 is 0.850 bits per heavy atom. The summed E-state index contributed by atoms with van der Waals surface area (Å²) in [6.45, 7) is 7.18. The summed E-state index contributed by atoms with van der Waals surface area (Å²) in [6, 6.07) is 16.0. The molecule has 0 radical (unpaired) electrons. The van der Waals surface area contributed by atoms with Gasteiger partial charge in [-0.15, -0.1) is 0 Å². The predicted octanol–water partition coefficient (Wildman–Crippen LogP) is 9.31. The van der Waals surface area contributed by atoms with E-state index in [1.807, 2.05) is 38.1 Å². The summed E-state index contributed by atoms with van der Waals surface area (Å²) in [4.78, 5) is 24.9. The van der Waals surface area contributed by atoms with Crippen molar-refractivity contribution in [1.29, 1.82) is 0 Å². The SMILES string of the molecule is CCCCCCCCOc1ccc(-c2ccc(C(=O)Oc3ccc(C(=O)OC[C@H](C)CC)cc3Cl)c(F)c2)cc1. The molecule has 1 atom stereocenters. The van der Waals surface area contributed by atoms with E-state index < -0.39 is 17.8 Å². The van der Waals surface area contributed by atoms with Crippen LogP contribution < -0.4 is 9.47 Å². The van der Waals surface area contributed by atoms with Crippen LogP contribution in [0.25, 0.3) is 11.1 Å². The van der Waals surface area contributed by atoms with Gasteiger partial charge in [0.15, 0.2) is 0 Å². The van der Waals surface area contributed by atoms with E-state index in [9.17, 15) is 14.0 Å². The molecule has 0 spiro atoms. The normalized spacial score (nSPS) is 11.6. The molecule has 0 aliphatic heterocycles. The first-order valence-corrected chi connectivity index (χ1v) is 14.4. The summed E-state index contributed by atoms with van der Waals surface area (Å²) in [5, 5.41) is 0.0437. The standard InChI is InChI=1S/C33H38ClFO5/c1-4-6-7-8-9-10-19-38-27-15-11-24(12-16-27)25-13-17-28(30(35)21-25)33(37)40-31-18-14-26(20-29(31)34)32(36)39-22-23(3)5-2/h11-18,20-21,23H,4-10,19,22H2,1-3H3/t23-/m1/s1. The molecule has 0 bridgehead atoms. The van der Waals surface area contributed by atoms with Crippen molar-refractivity contribution < 1.29 is 28.2 Å². The summed E-state index contributed by atoms with van der Waals surface area (Å²) in [5.74, 6) is -1.09. The number of unbranched alkanes of at least 4 members (excludes halogenated alkanes) is 5. The number of hydrogen-bond donors (Lipinski definition) is 0. The second kappa shape index (κ2) is 16.0. The summed E-state index contributed by atoms with van der Waals surface area (Å²) in [6.07, 6.45) is 8.11. The Hall–Kier alpha value is -3.38. The number of rotatable bonds is 15. The molecule has 5 nitrogen and oxygen atoms in total. The van der Waals surface area contributed by atoms with Crippen molar-refractivity contribution in [2.75, 3.05) is 13.2 Å². The van der Waals surface area contributed by atoms with E-state index in [1.54, 1.807) is 6.07 Å². The van der Waals surface area contributed by atoms with E-state index in [4.69, 9.17) is 25.8 Å². The monoisotopic (exact) mass is 568 g/mol. The average Bonchev–Trinajstić information content (AvgIpc) is 2.96. The van der Waals surface area contributed by atoms with Gasteiger partial charge in [-0.05, 0) is 65.9 Å². The largest absolute Gasteiger partial charge is 0.494 e. The minimum absolute atomic E-state index is 0.0187. The van der Waals surface area contributed by atoms with Crippen molar-refractivity contribution in [3.8, 4) is 22.6 Å². The molecule has 3 rings (SSSR count). The van der Waals surface area contributed by atoms with Crippen LogP contribution in [0.4, 0.5) is 4.39 Å². The lowest BCUT2D eigenvalue weighted by Crippen LogP contribution is -2.13. The van der Waals surface area contributed by atoms with Gasteiger partial charge in [0.2, 0.25) is 0 Å². The Labute approximate surface area is 241 Å². The third-order valence-electron chi connectivity index (χ3n) is 6.71. The minimum atomic E-state index is -0.892. The van der Waals surface area contributed by atoms with Crippen molar-refractivity contribution in [2.45, 2.75) is 65.7 Å². The molecule has 0 saturated carbocycles. The van der Waals surface area contributed by atoms with Gasteiger partial charge in [-0.1, -0.05) is 89.1 Å². The number of esters is 2. The fourth-order valence-corrected chi connectivity index (χ4v) is 4.18. The number of halogens is 2. The van der Waals surface area contributed by atoms with Crippen LogP contribution >= 0.6 is 11.6 Å². The molecule has 214 valence electrons. The van der Waals surface area contributed by atoms with Crippen LogP contribution in [0.1, 0.15) is 86.4 Å². The van der Waals surface area contributed by atoms with E-state index in [0.717, 1.165) is 30.6 Å². The van der Waals surface area contributed by atoms with Gasteiger partial charge >= 0.3 is 11.9 Å². The molecule has 0 heterocycles. The Balaban J connectivity index is 1.56. The molecule has 40 heavy (non-hydrogen) atoms. The van der Waals surface area contributed by atoms with Crippen molar-refractivity contribution in [2.24, 2.45) is 5.92 Å².